The third kappa shape index (κ3) is 4.53. The molecule has 180 valence electrons. The number of fused-ring (bicyclic) bond motifs is 4. The molecule has 0 saturated carbocycles. The van der Waals surface area contributed by atoms with Crippen molar-refractivity contribution >= 4 is 33.6 Å². The molecule has 6 heteroatoms. The highest BCUT2D eigenvalue weighted by atomic mass is 19.1. The van der Waals surface area contributed by atoms with Crippen LogP contribution in [0.1, 0.15) is 49.0 Å². The van der Waals surface area contributed by atoms with Crippen molar-refractivity contribution in [2.45, 2.75) is 57.5 Å². The number of hydrogen-bond donors (Lipinski definition) is 2. The molecule has 35 heavy (non-hydrogen) atoms. The number of amides is 1. The van der Waals surface area contributed by atoms with Crippen molar-refractivity contribution in [1.82, 2.24) is 9.88 Å². The Balaban J connectivity index is 1.32. The van der Waals surface area contributed by atoms with Gasteiger partial charge in [0.15, 0.2) is 0 Å². The number of carboxylic acids is 1. The van der Waals surface area contributed by atoms with E-state index in [1.807, 2.05) is 23.6 Å². The molecule has 5 nitrogen and oxygen atoms in total. The Hall–Kier alpha value is -3.67. The molecule has 0 saturated heterocycles. The van der Waals surface area contributed by atoms with Crippen LogP contribution in [0.2, 0.25) is 0 Å². The van der Waals surface area contributed by atoms with E-state index in [4.69, 9.17) is 0 Å². The summed E-state index contributed by atoms with van der Waals surface area (Å²) in [4.78, 5) is 24.7. The third-order valence-corrected chi connectivity index (χ3v) is 7.17. The average molecular weight is 473 g/mol. The second kappa shape index (κ2) is 9.53. The number of aromatic nitrogens is 1. The van der Waals surface area contributed by atoms with E-state index in [0.717, 1.165) is 34.1 Å². The van der Waals surface area contributed by atoms with E-state index in [1.165, 1.54) is 22.9 Å². The van der Waals surface area contributed by atoms with Crippen LogP contribution in [-0.2, 0) is 28.9 Å². The van der Waals surface area contributed by atoms with Crippen molar-refractivity contribution in [2.75, 3.05) is 0 Å². The molecule has 1 aromatic heterocycles. The highest BCUT2D eigenvalue weighted by Gasteiger charge is 2.30. The zero-order valence-corrected chi connectivity index (χ0v) is 19.8. The monoisotopic (exact) mass is 472 g/mol. The first kappa shape index (κ1) is 23.1. The second-order valence-corrected chi connectivity index (χ2v) is 9.41. The third-order valence-electron chi connectivity index (χ3n) is 7.17. The Morgan fingerprint density at radius 3 is 2.69 bits per heavy atom. The minimum Gasteiger partial charge on any atom is -0.480 e. The lowest BCUT2D eigenvalue weighted by Gasteiger charge is -2.26. The number of benzene rings is 3. The summed E-state index contributed by atoms with van der Waals surface area (Å²) in [6, 6.07) is 18.2. The van der Waals surface area contributed by atoms with E-state index >= 15 is 0 Å². The Kier molecular flexibility index (Phi) is 6.29. The summed E-state index contributed by atoms with van der Waals surface area (Å²) < 4.78 is 16.0. The van der Waals surface area contributed by atoms with Gasteiger partial charge in [-0.25, -0.2) is 9.18 Å². The fourth-order valence-electron chi connectivity index (χ4n) is 5.46. The van der Waals surface area contributed by atoms with Crippen LogP contribution in [0.4, 0.5) is 4.39 Å². The topological polar surface area (TPSA) is 71.3 Å². The van der Waals surface area contributed by atoms with E-state index in [0.29, 0.717) is 32.1 Å². The molecule has 2 atom stereocenters. The lowest BCUT2D eigenvalue weighted by Crippen LogP contribution is -2.39. The second-order valence-electron chi connectivity index (χ2n) is 9.41. The van der Waals surface area contributed by atoms with Gasteiger partial charge in [0.1, 0.15) is 11.9 Å². The predicted molar refractivity (Wildman–Crippen MR) is 135 cm³/mol. The molecule has 1 aliphatic carbocycles. The van der Waals surface area contributed by atoms with Gasteiger partial charge in [0.05, 0.1) is 0 Å². The van der Waals surface area contributed by atoms with Crippen molar-refractivity contribution in [1.29, 1.82) is 0 Å². The molecule has 0 spiro atoms. The lowest BCUT2D eigenvalue weighted by atomic mass is 9.91. The molecule has 4 aromatic rings. The van der Waals surface area contributed by atoms with Gasteiger partial charge in [-0.2, -0.15) is 0 Å². The number of nitrogens with one attached hydrogen (secondary N) is 1. The highest BCUT2D eigenvalue weighted by molar-refractivity contribution is 5.88. The van der Waals surface area contributed by atoms with Gasteiger partial charge in [-0.15, -0.1) is 0 Å². The van der Waals surface area contributed by atoms with E-state index in [1.54, 1.807) is 6.07 Å². The number of aryl methyl sites for hydroxylation is 1. The highest BCUT2D eigenvalue weighted by Crippen LogP contribution is 2.36. The molecular weight excluding hydrogens is 443 g/mol. The quantitative estimate of drug-likeness (QED) is 0.369. The van der Waals surface area contributed by atoms with E-state index in [-0.39, 0.29) is 17.8 Å². The van der Waals surface area contributed by atoms with Crippen LogP contribution in [0, 0.1) is 5.82 Å². The number of hydrogen-bond acceptors (Lipinski definition) is 2. The first-order chi connectivity index (χ1) is 16.9. The zero-order valence-electron chi connectivity index (χ0n) is 19.8. The number of aliphatic carboxylic acids is 1. The van der Waals surface area contributed by atoms with Gasteiger partial charge in [-0.1, -0.05) is 49.4 Å². The molecule has 5 rings (SSSR count). The molecule has 0 bridgehead atoms. The molecule has 1 amide bonds. The lowest BCUT2D eigenvalue weighted by molar-refractivity contribution is -0.141. The van der Waals surface area contributed by atoms with Crippen LogP contribution in [0.25, 0.3) is 21.7 Å². The standard InChI is InChI=1S/C29H29FN2O3/c1-2-25(29(34)35)32-26-12-10-21(30)16-23(26)24-17-22(11-13-27(24)32)31-28(33)14-8-18-7-9-19-5-3-4-6-20(19)15-18/h3-7,9-10,12,15-16,22,25H,2,8,11,13-14,17H2,1H3,(H,31,33)(H,34,35). The number of carbonyl (C=O) groups is 2. The smallest absolute Gasteiger partial charge is 0.326 e. The van der Waals surface area contributed by atoms with Crippen molar-refractivity contribution in [3.8, 4) is 0 Å². The number of carboxylic acid groups (broad SMARTS) is 1. The van der Waals surface area contributed by atoms with Gasteiger partial charge in [0, 0.05) is 29.1 Å². The van der Waals surface area contributed by atoms with Crippen LogP contribution in [0.15, 0.2) is 60.7 Å². The van der Waals surface area contributed by atoms with Crippen LogP contribution in [0.3, 0.4) is 0 Å². The van der Waals surface area contributed by atoms with Gasteiger partial charge < -0.3 is 15.0 Å². The van der Waals surface area contributed by atoms with Gasteiger partial charge in [0.25, 0.3) is 0 Å². The van der Waals surface area contributed by atoms with Crippen LogP contribution in [0.5, 0.6) is 0 Å². The van der Waals surface area contributed by atoms with Crippen LogP contribution >= 0.6 is 0 Å². The molecule has 3 aromatic carbocycles. The first-order valence-electron chi connectivity index (χ1n) is 12.3. The van der Waals surface area contributed by atoms with Gasteiger partial charge >= 0.3 is 5.97 Å². The summed E-state index contributed by atoms with van der Waals surface area (Å²) >= 11 is 0. The SMILES string of the molecule is CCC(C(=O)O)n1c2c(c3cc(F)ccc31)CC(NC(=O)CCc1ccc3ccccc3c1)CC2. The van der Waals surface area contributed by atoms with Crippen molar-refractivity contribution < 1.29 is 19.1 Å². The average Bonchev–Trinajstić information content (AvgIpc) is 3.15. The fourth-order valence-corrected chi connectivity index (χ4v) is 5.46. The molecule has 0 radical (unpaired) electrons. The van der Waals surface area contributed by atoms with Gasteiger partial charge in [-0.3, -0.25) is 4.79 Å². The summed E-state index contributed by atoms with van der Waals surface area (Å²) in [7, 11) is 0. The molecule has 1 aliphatic rings. The summed E-state index contributed by atoms with van der Waals surface area (Å²) in [6.45, 7) is 1.85. The molecule has 1 heterocycles. The minimum atomic E-state index is -0.888. The Morgan fingerprint density at radius 1 is 1.11 bits per heavy atom. The fraction of sp³-hybridized carbons (Fsp3) is 0.310. The Labute approximate surface area is 203 Å². The van der Waals surface area contributed by atoms with Crippen LogP contribution in [-0.4, -0.2) is 27.6 Å². The molecule has 0 aliphatic heterocycles. The summed E-state index contributed by atoms with van der Waals surface area (Å²) in [5, 5.41) is 16.0. The number of halogens is 1. The maximum atomic E-state index is 14.1. The Morgan fingerprint density at radius 2 is 1.91 bits per heavy atom. The summed E-state index contributed by atoms with van der Waals surface area (Å²) in [5.41, 5.74) is 3.77. The first-order valence-corrected chi connectivity index (χ1v) is 12.3. The maximum absolute atomic E-state index is 14.1. The molecule has 0 fully saturated rings. The zero-order chi connectivity index (χ0) is 24.5. The number of rotatable bonds is 7. The molecular formula is C29H29FN2O3. The van der Waals surface area contributed by atoms with Crippen molar-refractivity contribution in [2.24, 2.45) is 0 Å². The Bertz CT molecular complexity index is 1420. The summed E-state index contributed by atoms with van der Waals surface area (Å²) in [6.07, 6.45) is 3.44. The largest absolute Gasteiger partial charge is 0.480 e. The molecule has 2 unspecified atom stereocenters. The van der Waals surface area contributed by atoms with Crippen molar-refractivity contribution in [3.05, 3.63) is 83.3 Å². The molecule has 2 N–H and O–H groups in total. The van der Waals surface area contributed by atoms with Gasteiger partial charge in [-0.05, 0) is 72.2 Å². The van der Waals surface area contributed by atoms with E-state index < -0.39 is 12.0 Å². The predicted octanol–water partition coefficient (Wildman–Crippen LogP) is 5.58. The number of nitrogens with zero attached hydrogens (tertiary/aromatic N) is 1. The maximum Gasteiger partial charge on any atom is 0.326 e. The van der Waals surface area contributed by atoms with Crippen molar-refractivity contribution in [3.63, 3.8) is 0 Å². The summed E-state index contributed by atoms with van der Waals surface area (Å²) in [5.74, 6) is -1.23. The van der Waals surface area contributed by atoms with E-state index in [9.17, 15) is 19.1 Å². The van der Waals surface area contributed by atoms with Gasteiger partial charge in [0.2, 0.25) is 5.91 Å². The normalized spacial score (nSPS) is 16.2. The van der Waals surface area contributed by atoms with E-state index in [2.05, 4.69) is 35.6 Å². The minimum absolute atomic E-state index is 0.00139. The number of carbonyl (C=O) groups excluding carboxylic acids is 1. The van der Waals surface area contributed by atoms with Crippen LogP contribution < -0.4 is 5.32 Å².